The molecular weight excluding hydrogens is 435 g/mol. The van der Waals surface area contributed by atoms with E-state index in [0.717, 1.165) is 11.3 Å². The summed E-state index contributed by atoms with van der Waals surface area (Å²) in [5.74, 6) is 0. The number of hydrogen-bond acceptors (Lipinski definition) is 2. The van der Waals surface area contributed by atoms with E-state index in [2.05, 4.69) is 61.3 Å². The highest BCUT2D eigenvalue weighted by atomic mass is 127. The monoisotopic (exact) mass is 444 g/mol. The van der Waals surface area contributed by atoms with Gasteiger partial charge < -0.3 is 0 Å². The molecule has 0 radical (unpaired) electrons. The summed E-state index contributed by atoms with van der Waals surface area (Å²) in [4.78, 5) is 0.199. The molecule has 19 heavy (non-hydrogen) atoms. The molecule has 0 bridgehead atoms. The van der Waals surface area contributed by atoms with Crippen LogP contribution in [0.4, 0.5) is 0 Å². The Kier molecular flexibility index (Phi) is 4.04. The minimum atomic E-state index is 0.199. The number of hydrogen-bond donors (Lipinski definition) is 0. The number of halogens is 2. The molecular formula is C14H10BrIN2S. The number of alkyl halides is 1. The smallest absolute Gasteiger partial charge is 0.0684 e. The van der Waals surface area contributed by atoms with E-state index in [4.69, 9.17) is 0 Å². The van der Waals surface area contributed by atoms with Gasteiger partial charge in [0, 0.05) is 11.8 Å². The van der Waals surface area contributed by atoms with Crippen molar-refractivity contribution in [3.8, 4) is 5.69 Å². The molecule has 1 atom stereocenters. The van der Waals surface area contributed by atoms with E-state index in [1.165, 1.54) is 8.45 Å². The summed E-state index contributed by atoms with van der Waals surface area (Å²) in [6, 6.07) is 12.3. The van der Waals surface area contributed by atoms with Crippen molar-refractivity contribution in [1.29, 1.82) is 0 Å². The average molecular weight is 445 g/mol. The summed E-state index contributed by atoms with van der Waals surface area (Å²) in [5, 5.41) is 6.61. The topological polar surface area (TPSA) is 17.8 Å². The van der Waals surface area contributed by atoms with E-state index in [0.29, 0.717) is 0 Å². The molecule has 2 heterocycles. The van der Waals surface area contributed by atoms with E-state index >= 15 is 0 Å². The molecule has 0 saturated heterocycles. The molecule has 3 rings (SSSR count). The Morgan fingerprint density at radius 2 is 2.00 bits per heavy atom. The molecule has 5 heteroatoms. The van der Waals surface area contributed by atoms with Gasteiger partial charge in [-0.25, -0.2) is 4.68 Å². The van der Waals surface area contributed by atoms with Gasteiger partial charge in [0.15, 0.2) is 0 Å². The highest BCUT2D eigenvalue weighted by Crippen LogP contribution is 2.33. The molecule has 96 valence electrons. The molecule has 0 saturated carbocycles. The van der Waals surface area contributed by atoms with Crippen LogP contribution in [0.5, 0.6) is 0 Å². The Bertz CT molecular complexity index is 678. The lowest BCUT2D eigenvalue weighted by molar-refractivity contribution is 0.880. The maximum Gasteiger partial charge on any atom is 0.0684 e. The second kappa shape index (κ2) is 5.76. The van der Waals surface area contributed by atoms with Crippen molar-refractivity contribution in [2.75, 3.05) is 0 Å². The number of para-hydroxylation sites is 1. The fourth-order valence-electron chi connectivity index (χ4n) is 1.84. The highest BCUT2D eigenvalue weighted by molar-refractivity contribution is 14.1. The molecule has 0 N–H and O–H groups in total. The first kappa shape index (κ1) is 13.3. The number of benzene rings is 1. The van der Waals surface area contributed by atoms with Gasteiger partial charge in [0.25, 0.3) is 0 Å². The van der Waals surface area contributed by atoms with E-state index in [1.807, 2.05) is 41.2 Å². The number of rotatable bonds is 3. The van der Waals surface area contributed by atoms with Crippen molar-refractivity contribution in [3.63, 3.8) is 0 Å². The standard InChI is InChI=1S/C14H10BrIN2S/c15-14(10-6-13(16)19-9-10)11-7-17-18(8-11)12-4-2-1-3-5-12/h1-9,14H. The van der Waals surface area contributed by atoms with Crippen molar-refractivity contribution >= 4 is 49.9 Å². The molecule has 0 spiro atoms. The molecule has 1 unspecified atom stereocenters. The number of nitrogens with zero attached hydrogens (tertiary/aromatic N) is 2. The first-order valence-electron chi connectivity index (χ1n) is 5.72. The van der Waals surface area contributed by atoms with E-state index in [-0.39, 0.29) is 4.83 Å². The fourth-order valence-corrected chi connectivity index (χ4v) is 3.91. The van der Waals surface area contributed by atoms with Gasteiger partial charge in [0.2, 0.25) is 0 Å². The van der Waals surface area contributed by atoms with Crippen LogP contribution in [0, 0.1) is 2.88 Å². The highest BCUT2D eigenvalue weighted by Gasteiger charge is 2.14. The summed E-state index contributed by atoms with van der Waals surface area (Å²) in [6.07, 6.45) is 3.98. The summed E-state index contributed by atoms with van der Waals surface area (Å²) in [5.41, 5.74) is 3.52. The molecule has 0 fully saturated rings. The first-order valence-corrected chi connectivity index (χ1v) is 8.59. The molecule has 2 aromatic heterocycles. The number of thiophene rings is 1. The predicted octanol–water partition coefficient (Wildman–Crippen LogP) is 5.02. The van der Waals surface area contributed by atoms with Gasteiger partial charge in [-0.15, -0.1) is 11.3 Å². The predicted molar refractivity (Wildman–Crippen MR) is 91.4 cm³/mol. The van der Waals surface area contributed by atoms with Gasteiger partial charge in [-0.1, -0.05) is 34.1 Å². The summed E-state index contributed by atoms with van der Waals surface area (Å²) in [7, 11) is 0. The van der Waals surface area contributed by atoms with Crippen molar-refractivity contribution in [1.82, 2.24) is 9.78 Å². The molecule has 0 aliphatic rings. The first-order chi connectivity index (χ1) is 9.24. The summed E-state index contributed by atoms with van der Waals surface area (Å²) in [6.45, 7) is 0. The SMILES string of the molecule is BrC(c1csc(I)c1)c1cnn(-c2ccccc2)c1. The Labute approximate surface area is 137 Å². The molecule has 0 aliphatic heterocycles. The van der Waals surface area contributed by atoms with Crippen LogP contribution in [-0.2, 0) is 0 Å². The van der Waals surface area contributed by atoms with E-state index in [9.17, 15) is 0 Å². The van der Waals surface area contributed by atoms with Gasteiger partial charge in [-0.3, -0.25) is 0 Å². The lowest BCUT2D eigenvalue weighted by Gasteiger charge is -2.04. The lowest BCUT2D eigenvalue weighted by atomic mass is 10.1. The van der Waals surface area contributed by atoms with Gasteiger partial charge >= 0.3 is 0 Å². The lowest BCUT2D eigenvalue weighted by Crippen LogP contribution is -1.93. The Morgan fingerprint density at radius 1 is 1.21 bits per heavy atom. The maximum atomic E-state index is 4.43. The van der Waals surface area contributed by atoms with Crippen molar-refractivity contribution < 1.29 is 0 Å². The van der Waals surface area contributed by atoms with Crippen LogP contribution >= 0.6 is 49.9 Å². The van der Waals surface area contributed by atoms with Crippen LogP contribution in [0.15, 0.2) is 54.2 Å². The summed E-state index contributed by atoms with van der Waals surface area (Å²) < 4.78 is 3.20. The Hall–Kier alpha value is -0.660. The quantitative estimate of drug-likeness (QED) is 0.409. The van der Waals surface area contributed by atoms with Crippen LogP contribution < -0.4 is 0 Å². The average Bonchev–Trinajstić information content (AvgIpc) is 3.08. The summed E-state index contributed by atoms with van der Waals surface area (Å²) >= 11 is 7.85. The zero-order valence-corrected chi connectivity index (χ0v) is 14.4. The van der Waals surface area contributed by atoms with Crippen LogP contribution in [0.2, 0.25) is 0 Å². The molecule has 1 aromatic carbocycles. The maximum absolute atomic E-state index is 4.43. The second-order valence-corrected chi connectivity index (χ2v) is 7.82. The Morgan fingerprint density at radius 3 is 2.68 bits per heavy atom. The second-order valence-electron chi connectivity index (χ2n) is 4.10. The molecule has 3 aromatic rings. The largest absolute Gasteiger partial charge is 0.241 e. The van der Waals surface area contributed by atoms with Gasteiger partial charge in [0.1, 0.15) is 0 Å². The van der Waals surface area contributed by atoms with E-state index < -0.39 is 0 Å². The zero-order valence-electron chi connectivity index (χ0n) is 9.83. The zero-order chi connectivity index (χ0) is 13.2. The fraction of sp³-hybridized carbons (Fsp3) is 0.0714. The van der Waals surface area contributed by atoms with Crippen LogP contribution in [0.25, 0.3) is 5.69 Å². The molecule has 2 nitrogen and oxygen atoms in total. The molecule has 0 aliphatic carbocycles. The van der Waals surface area contributed by atoms with Crippen LogP contribution in [0.1, 0.15) is 16.0 Å². The minimum absolute atomic E-state index is 0.199. The van der Waals surface area contributed by atoms with Crippen molar-refractivity contribution in [2.24, 2.45) is 0 Å². The van der Waals surface area contributed by atoms with Crippen LogP contribution in [0.3, 0.4) is 0 Å². The Balaban J connectivity index is 1.89. The number of aromatic nitrogens is 2. The third-order valence-electron chi connectivity index (χ3n) is 2.80. The van der Waals surface area contributed by atoms with E-state index in [1.54, 1.807) is 11.3 Å². The van der Waals surface area contributed by atoms with Crippen LogP contribution in [-0.4, -0.2) is 9.78 Å². The van der Waals surface area contributed by atoms with Crippen molar-refractivity contribution in [2.45, 2.75) is 4.83 Å². The van der Waals surface area contributed by atoms with Gasteiger partial charge in [0.05, 0.1) is 19.6 Å². The normalized spacial score (nSPS) is 12.5. The molecule has 0 amide bonds. The minimum Gasteiger partial charge on any atom is -0.241 e. The van der Waals surface area contributed by atoms with Gasteiger partial charge in [-0.05, 0) is 51.7 Å². The van der Waals surface area contributed by atoms with Crippen molar-refractivity contribution in [3.05, 3.63) is 68.2 Å². The van der Waals surface area contributed by atoms with Gasteiger partial charge in [-0.2, -0.15) is 5.10 Å². The third kappa shape index (κ3) is 2.93. The third-order valence-corrected chi connectivity index (χ3v) is 5.66.